The highest BCUT2D eigenvalue weighted by molar-refractivity contribution is 7.99. The van der Waals surface area contributed by atoms with Crippen molar-refractivity contribution in [1.82, 2.24) is 15.5 Å². The van der Waals surface area contributed by atoms with Gasteiger partial charge in [-0.25, -0.2) is 4.39 Å². The molecule has 1 N–H and O–H groups in total. The summed E-state index contributed by atoms with van der Waals surface area (Å²) in [5.41, 5.74) is 0.912. The summed E-state index contributed by atoms with van der Waals surface area (Å²) < 4.78 is 34.9. The van der Waals surface area contributed by atoms with Crippen LogP contribution < -0.4 is 19.5 Å². The molecule has 1 aliphatic rings. The third kappa shape index (κ3) is 5.26. The number of amides is 1. The maximum atomic E-state index is 13.0. The van der Waals surface area contributed by atoms with Gasteiger partial charge in [0.25, 0.3) is 11.1 Å². The number of ether oxygens (including phenoxy) is 3. The molecule has 2 heterocycles. The number of carbonyl (C=O) groups excluding carboxylic acids is 1. The summed E-state index contributed by atoms with van der Waals surface area (Å²) in [6.45, 7) is 3.83. The fourth-order valence-corrected chi connectivity index (χ4v) is 3.47. The van der Waals surface area contributed by atoms with Crippen molar-refractivity contribution >= 4 is 17.7 Å². The Morgan fingerprint density at radius 1 is 1.16 bits per heavy atom. The van der Waals surface area contributed by atoms with Crippen LogP contribution in [0.4, 0.5) is 4.39 Å². The molecule has 1 aliphatic heterocycles. The van der Waals surface area contributed by atoms with Crippen LogP contribution in [-0.2, 0) is 4.79 Å². The van der Waals surface area contributed by atoms with Crippen molar-refractivity contribution in [2.75, 3.05) is 12.5 Å². The number of hydrogen-bond acceptors (Lipinski definition) is 8. The molecule has 3 aromatic rings. The van der Waals surface area contributed by atoms with Crippen molar-refractivity contribution in [2.45, 2.75) is 31.2 Å². The lowest BCUT2D eigenvalue weighted by atomic mass is 10.1. The molecule has 0 radical (unpaired) electrons. The van der Waals surface area contributed by atoms with Crippen LogP contribution >= 0.6 is 11.8 Å². The first-order valence-corrected chi connectivity index (χ1v) is 10.5. The molecule has 2 unspecified atom stereocenters. The second-order valence-corrected chi connectivity index (χ2v) is 7.74. The van der Waals surface area contributed by atoms with Gasteiger partial charge in [-0.15, -0.1) is 10.2 Å². The zero-order valence-corrected chi connectivity index (χ0v) is 17.6. The van der Waals surface area contributed by atoms with E-state index in [0.29, 0.717) is 17.2 Å². The first-order chi connectivity index (χ1) is 15.0. The van der Waals surface area contributed by atoms with E-state index in [1.54, 1.807) is 6.92 Å². The zero-order chi connectivity index (χ0) is 21.8. The quantitative estimate of drug-likeness (QED) is 0.519. The van der Waals surface area contributed by atoms with E-state index in [-0.39, 0.29) is 41.4 Å². The predicted molar refractivity (Wildman–Crippen MR) is 110 cm³/mol. The van der Waals surface area contributed by atoms with Crippen LogP contribution in [0.5, 0.6) is 17.2 Å². The first-order valence-electron chi connectivity index (χ1n) is 9.55. The molecule has 10 heteroatoms. The minimum atomic E-state index is -0.521. The van der Waals surface area contributed by atoms with Gasteiger partial charge in [0.2, 0.25) is 12.7 Å². The van der Waals surface area contributed by atoms with Crippen molar-refractivity contribution in [3.63, 3.8) is 0 Å². The Labute approximate surface area is 182 Å². The van der Waals surface area contributed by atoms with Gasteiger partial charge in [0.15, 0.2) is 17.6 Å². The van der Waals surface area contributed by atoms with Gasteiger partial charge in [0.1, 0.15) is 11.6 Å². The number of halogens is 1. The largest absolute Gasteiger partial charge is 0.481 e. The number of aromatic nitrogens is 2. The number of thioether (sulfide) groups is 1. The van der Waals surface area contributed by atoms with Gasteiger partial charge in [-0.2, -0.15) is 0 Å². The molecule has 0 aliphatic carbocycles. The fraction of sp³-hybridized carbons (Fsp3) is 0.286. The van der Waals surface area contributed by atoms with Crippen LogP contribution in [0.15, 0.2) is 52.1 Å². The lowest BCUT2D eigenvalue weighted by molar-refractivity contribution is -0.119. The third-order valence-corrected chi connectivity index (χ3v) is 5.32. The molecular weight excluding hydrogens is 425 g/mol. The summed E-state index contributed by atoms with van der Waals surface area (Å²) in [6.07, 6.45) is -0.521. The van der Waals surface area contributed by atoms with Crippen molar-refractivity contribution in [3.8, 4) is 17.2 Å². The molecule has 0 saturated carbocycles. The molecule has 1 aromatic heterocycles. The molecule has 8 nitrogen and oxygen atoms in total. The Morgan fingerprint density at radius 3 is 2.74 bits per heavy atom. The number of fused-ring (bicyclic) bond motifs is 1. The molecule has 0 spiro atoms. The summed E-state index contributed by atoms with van der Waals surface area (Å²) in [5.74, 6) is 1.71. The van der Waals surface area contributed by atoms with Crippen molar-refractivity contribution in [1.29, 1.82) is 0 Å². The zero-order valence-electron chi connectivity index (χ0n) is 16.8. The second-order valence-electron chi connectivity index (χ2n) is 6.81. The molecular formula is C21H20FN3O5S. The van der Waals surface area contributed by atoms with Crippen LogP contribution in [0.1, 0.15) is 37.4 Å². The Balaban J connectivity index is 1.27. The molecule has 162 valence electrons. The average Bonchev–Trinajstić information content (AvgIpc) is 3.43. The maximum absolute atomic E-state index is 13.0. The van der Waals surface area contributed by atoms with Gasteiger partial charge in [0, 0.05) is 0 Å². The number of hydrogen-bond donors (Lipinski definition) is 1. The summed E-state index contributed by atoms with van der Waals surface area (Å²) >= 11 is 1.13. The minimum Gasteiger partial charge on any atom is -0.481 e. The fourth-order valence-electron chi connectivity index (χ4n) is 2.89. The van der Waals surface area contributed by atoms with Crippen LogP contribution in [0, 0.1) is 5.82 Å². The van der Waals surface area contributed by atoms with E-state index in [9.17, 15) is 9.18 Å². The molecule has 31 heavy (non-hydrogen) atoms. The van der Waals surface area contributed by atoms with E-state index in [2.05, 4.69) is 15.5 Å². The highest BCUT2D eigenvalue weighted by Gasteiger charge is 2.19. The molecule has 2 atom stereocenters. The van der Waals surface area contributed by atoms with Crippen LogP contribution in [-0.4, -0.2) is 28.7 Å². The van der Waals surface area contributed by atoms with E-state index in [1.807, 2.05) is 25.1 Å². The highest BCUT2D eigenvalue weighted by Crippen LogP contribution is 2.34. The van der Waals surface area contributed by atoms with Crippen molar-refractivity contribution < 1.29 is 27.8 Å². The van der Waals surface area contributed by atoms with Gasteiger partial charge in [-0.3, -0.25) is 4.79 Å². The van der Waals surface area contributed by atoms with Gasteiger partial charge in [-0.05, 0) is 55.8 Å². The van der Waals surface area contributed by atoms with E-state index in [0.717, 1.165) is 17.3 Å². The lowest BCUT2D eigenvalue weighted by Gasteiger charge is -2.14. The highest BCUT2D eigenvalue weighted by atomic mass is 32.2. The van der Waals surface area contributed by atoms with Crippen LogP contribution in [0.2, 0.25) is 0 Å². The van der Waals surface area contributed by atoms with Gasteiger partial charge in [0.05, 0.1) is 11.8 Å². The third-order valence-electron chi connectivity index (χ3n) is 4.50. The Bertz CT molecular complexity index is 1060. The van der Waals surface area contributed by atoms with Crippen molar-refractivity contribution in [3.05, 3.63) is 59.7 Å². The lowest BCUT2D eigenvalue weighted by Crippen LogP contribution is -2.28. The van der Waals surface area contributed by atoms with E-state index < -0.39 is 6.10 Å². The molecule has 0 saturated heterocycles. The maximum Gasteiger partial charge on any atom is 0.277 e. The van der Waals surface area contributed by atoms with Crippen LogP contribution in [0.25, 0.3) is 0 Å². The standard InChI is InChI=1S/C21H20FN3O5S/c1-12(14-3-8-17-18(9-14)28-11-27-17)23-19(26)10-31-21-25-24-20(30-21)13(2)29-16-6-4-15(22)5-7-16/h3-9,12-13H,10-11H2,1-2H3,(H,23,26). The Hall–Kier alpha value is -3.27. The smallest absolute Gasteiger partial charge is 0.277 e. The number of benzene rings is 2. The topological polar surface area (TPSA) is 95.7 Å². The normalized spacial score (nSPS) is 14.2. The van der Waals surface area contributed by atoms with E-state index in [1.165, 1.54) is 24.3 Å². The van der Waals surface area contributed by atoms with Crippen LogP contribution in [0.3, 0.4) is 0 Å². The Kier molecular flexibility index (Phi) is 6.26. The first kappa shape index (κ1) is 21.0. The molecule has 1 amide bonds. The molecule has 0 fully saturated rings. The molecule has 0 bridgehead atoms. The van der Waals surface area contributed by atoms with E-state index >= 15 is 0 Å². The monoisotopic (exact) mass is 445 g/mol. The summed E-state index contributed by atoms with van der Waals surface area (Å²) in [5, 5.41) is 11.1. The number of nitrogens with zero attached hydrogens (tertiary/aromatic N) is 2. The number of carbonyl (C=O) groups is 1. The summed E-state index contributed by atoms with van der Waals surface area (Å²) in [6, 6.07) is 11.0. The number of nitrogens with one attached hydrogen (secondary N) is 1. The predicted octanol–water partition coefficient (Wildman–Crippen LogP) is 4.05. The average molecular weight is 445 g/mol. The Morgan fingerprint density at radius 2 is 1.94 bits per heavy atom. The van der Waals surface area contributed by atoms with E-state index in [4.69, 9.17) is 18.6 Å². The summed E-state index contributed by atoms with van der Waals surface area (Å²) in [4.78, 5) is 12.3. The number of rotatable bonds is 8. The minimum absolute atomic E-state index is 0.115. The van der Waals surface area contributed by atoms with Crippen molar-refractivity contribution in [2.24, 2.45) is 0 Å². The van der Waals surface area contributed by atoms with Gasteiger partial charge in [-0.1, -0.05) is 17.8 Å². The van der Waals surface area contributed by atoms with Gasteiger partial charge < -0.3 is 23.9 Å². The second kappa shape index (κ2) is 9.25. The SMILES string of the molecule is CC(NC(=O)CSc1nnc(C(C)Oc2ccc(F)cc2)o1)c1ccc2c(c1)OCO2. The molecule has 2 aromatic carbocycles. The summed E-state index contributed by atoms with van der Waals surface area (Å²) in [7, 11) is 0. The van der Waals surface area contributed by atoms with Gasteiger partial charge >= 0.3 is 0 Å². The molecule has 4 rings (SSSR count).